The van der Waals surface area contributed by atoms with Gasteiger partial charge in [-0.05, 0) is 6.07 Å². The van der Waals surface area contributed by atoms with Crippen LogP contribution in [0.1, 0.15) is 18.1 Å². The number of nitrogens with one attached hydrogen (secondary N) is 2. The number of aliphatic hydroxyl groups is 1. The lowest BCUT2D eigenvalue weighted by Crippen LogP contribution is -2.42. The summed E-state index contributed by atoms with van der Waals surface area (Å²) in [6.45, 7) is -0.0191. The van der Waals surface area contributed by atoms with Crippen molar-refractivity contribution in [2.75, 3.05) is 13.1 Å². The molecule has 0 unspecified atom stereocenters. The van der Waals surface area contributed by atoms with Gasteiger partial charge in [0.25, 0.3) is 0 Å². The van der Waals surface area contributed by atoms with E-state index in [0.717, 1.165) is 0 Å². The molecule has 1 saturated heterocycles. The summed E-state index contributed by atoms with van der Waals surface area (Å²) in [6.07, 6.45) is -2.14. The number of carbonyl (C=O) groups is 1. The fourth-order valence-electron chi connectivity index (χ4n) is 2.10. The smallest absolute Gasteiger partial charge is 0.237 e. The minimum absolute atomic E-state index is 0. The van der Waals surface area contributed by atoms with E-state index in [-0.39, 0.29) is 42.5 Å². The maximum Gasteiger partial charge on any atom is 0.237 e. The van der Waals surface area contributed by atoms with Crippen LogP contribution in [-0.2, 0) is 4.79 Å². The van der Waals surface area contributed by atoms with Crippen molar-refractivity contribution in [3.63, 3.8) is 0 Å². The first-order valence-corrected chi connectivity index (χ1v) is 6.64. The van der Waals surface area contributed by atoms with Crippen molar-refractivity contribution in [2.24, 2.45) is 0 Å². The third-order valence-electron chi connectivity index (χ3n) is 3.20. The molecule has 1 fully saturated rings. The van der Waals surface area contributed by atoms with E-state index in [9.17, 15) is 18.7 Å². The molecule has 21 heavy (non-hydrogen) atoms. The number of hydrogen-bond donors (Lipinski definition) is 3. The van der Waals surface area contributed by atoms with Crippen LogP contribution < -0.4 is 10.6 Å². The van der Waals surface area contributed by atoms with Crippen LogP contribution in [0.5, 0.6) is 0 Å². The van der Waals surface area contributed by atoms with E-state index < -0.39 is 30.0 Å². The van der Waals surface area contributed by atoms with E-state index in [1.54, 1.807) is 0 Å². The SMILES string of the molecule is Cl.O=C(NC[C@@H](O)c1cccc(Cl)c1F)[C@@H]1C[C@@H](F)CN1. The van der Waals surface area contributed by atoms with Crippen LogP contribution in [0.25, 0.3) is 0 Å². The van der Waals surface area contributed by atoms with E-state index in [1.165, 1.54) is 18.2 Å². The molecule has 1 amide bonds. The number of hydrogen-bond acceptors (Lipinski definition) is 3. The van der Waals surface area contributed by atoms with Crippen LogP contribution in [0.15, 0.2) is 18.2 Å². The second kappa shape index (κ2) is 7.89. The predicted octanol–water partition coefficient (Wildman–Crippen LogP) is 1.75. The molecular weight excluding hydrogens is 325 g/mol. The Hall–Kier alpha value is -0.950. The summed E-state index contributed by atoms with van der Waals surface area (Å²) in [5.41, 5.74) is 0.0144. The molecule has 3 atom stereocenters. The minimum atomic E-state index is -1.21. The highest BCUT2D eigenvalue weighted by Crippen LogP contribution is 2.23. The molecule has 3 N–H and O–H groups in total. The van der Waals surface area contributed by atoms with Gasteiger partial charge in [-0.2, -0.15) is 0 Å². The van der Waals surface area contributed by atoms with Crippen LogP contribution in [0.2, 0.25) is 5.02 Å². The van der Waals surface area contributed by atoms with Crippen molar-refractivity contribution >= 4 is 29.9 Å². The molecule has 4 nitrogen and oxygen atoms in total. The summed E-state index contributed by atoms with van der Waals surface area (Å²) in [4.78, 5) is 11.7. The molecule has 1 aromatic carbocycles. The fraction of sp³-hybridized carbons (Fsp3) is 0.462. The number of benzene rings is 1. The number of carbonyl (C=O) groups excluding carboxylic acids is 1. The van der Waals surface area contributed by atoms with Crippen LogP contribution in [0, 0.1) is 5.82 Å². The largest absolute Gasteiger partial charge is 0.386 e. The summed E-state index contributed by atoms with van der Waals surface area (Å²) in [5.74, 6) is -1.12. The van der Waals surface area contributed by atoms with Crippen LogP contribution in [0.3, 0.4) is 0 Å². The fourth-order valence-corrected chi connectivity index (χ4v) is 2.28. The Balaban J connectivity index is 0.00000220. The topological polar surface area (TPSA) is 61.4 Å². The van der Waals surface area contributed by atoms with Gasteiger partial charge in [0.2, 0.25) is 5.91 Å². The quantitative estimate of drug-likeness (QED) is 0.782. The first kappa shape index (κ1) is 18.1. The molecule has 0 saturated carbocycles. The number of amides is 1. The summed E-state index contributed by atoms with van der Waals surface area (Å²) >= 11 is 5.62. The first-order chi connectivity index (χ1) is 9.49. The van der Waals surface area contributed by atoms with E-state index in [0.29, 0.717) is 0 Å². The van der Waals surface area contributed by atoms with Crippen molar-refractivity contribution in [3.05, 3.63) is 34.6 Å². The molecule has 0 aliphatic carbocycles. The van der Waals surface area contributed by atoms with Crippen molar-refractivity contribution in [1.29, 1.82) is 0 Å². The lowest BCUT2D eigenvalue weighted by atomic mass is 10.1. The van der Waals surface area contributed by atoms with Gasteiger partial charge in [0.1, 0.15) is 12.0 Å². The summed E-state index contributed by atoms with van der Waals surface area (Å²) in [5, 5.41) is 15.0. The Morgan fingerprint density at radius 2 is 2.29 bits per heavy atom. The van der Waals surface area contributed by atoms with Gasteiger partial charge < -0.3 is 15.7 Å². The Kier molecular flexibility index (Phi) is 6.80. The normalized spacial score (nSPS) is 22.5. The summed E-state index contributed by atoms with van der Waals surface area (Å²) < 4.78 is 26.6. The first-order valence-electron chi connectivity index (χ1n) is 6.26. The highest BCUT2D eigenvalue weighted by atomic mass is 35.5. The van der Waals surface area contributed by atoms with Gasteiger partial charge in [-0.1, -0.05) is 23.7 Å². The third kappa shape index (κ3) is 4.51. The van der Waals surface area contributed by atoms with Crippen LogP contribution in [-0.4, -0.2) is 36.3 Å². The predicted molar refractivity (Wildman–Crippen MR) is 77.9 cm³/mol. The van der Waals surface area contributed by atoms with Crippen molar-refractivity contribution < 1.29 is 18.7 Å². The van der Waals surface area contributed by atoms with Crippen LogP contribution >= 0.6 is 24.0 Å². The van der Waals surface area contributed by atoms with Crippen LogP contribution in [0.4, 0.5) is 8.78 Å². The van der Waals surface area contributed by atoms with E-state index in [2.05, 4.69) is 10.6 Å². The Labute approximate surface area is 132 Å². The molecular formula is C13H16Cl2F2N2O2. The number of rotatable bonds is 4. The Bertz CT molecular complexity index is 505. The van der Waals surface area contributed by atoms with Gasteiger partial charge in [-0.25, -0.2) is 8.78 Å². The molecule has 1 heterocycles. The number of aliphatic hydroxyl groups excluding tert-OH is 1. The second-order valence-corrected chi connectivity index (χ2v) is 5.11. The molecule has 118 valence electrons. The van der Waals surface area contributed by atoms with Crippen molar-refractivity contribution in [3.8, 4) is 0 Å². The van der Waals surface area contributed by atoms with Gasteiger partial charge in [0, 0.05) is 25.1 Å². The molecule has 2 rings (SSSR count). The van der Waals surface area contributed by atoms with E-state index >= 15 is 0 Å². The zero-order chi connectivity index (χ0) is 14.7. The Morgan fingerprint density at radius 1 is 1.57 bits per heavy atom. The Morgan fingerprint density at radius 3 is 2.90 bits per heavy atom. The zero-order valence-electron chi connectivity index (χ0n) is 11.0. The average Bonchev–Trinajstić information content (AvgIpc) is 2.85. The molecule has 1 aliphatic rings. The molecule has 0 spiro atoms. The van der Waals surface area contributed by atoms with Gasteiger partial charge in [0.05, 0.1) is 17.2 Å². The number of halogens is 4. The molecule has 8 heteroatoms. The average molecular weight is 341 g/mol. The standard InChI is InChI=1S/C13H15ClF2N2O2.ClH/c14-9-3-1-2-8(12(9)16)11(19)6-18-13(20)10-4-7(15)5-17-10;/h1-3,7,10-11,17,19H,4-6H2,(H,18,20);1H/t7-,10+,11-;/m1./s1. The van der Waals surface area contributed by atoms with Gasteiger partial charge in [-0.3, -0.25) is 4.79 Å². The monoisotopic (exact) mass is 340 g/mol. The maximum atomic E-state index is 13.7. The van der Waals surface area contributed by atoms with Gasteiger partial charge in [0.15, 0.2) is 0 Å². The van der Waals surface area contributed by atoms with Crippen molar-refractivity contribution in [1.82, 2.24) is 10.6 Å². The lowest BCUT2D eigenvalue weighted by molar-refractivity contribution is -0.123. The summed E-state index contributed by atoms with van der Waals surface area (Å²) in [6, 6.07) is 3.66. The van der Waals surface area contributed by atoms with Gasteiger partial charge in [-0.15, -0.1) is 12.4 Å². The number of alkyl halides is 1. The summed E-state index contributed by atoms with van der Waals surface area (Å²) in [7, 11) is 0. The second-order valence-electron chi connectivity index (χ2n) is 4.70. The molecule has 0 radical (unpaired) electrons. The lowest BCUT2D eigenvalue weighted by Gasteiger charge is -2.15. The van der Waals surface area contributed by atoms with E-state index in [4.69, 9.17) is 11.6 Å². The molecule has 0 aromatic heterocycles. The molecule has 0 bridgehead atoms. The highest BCUT2D eigenvalue weighted by molar-refractivity contribution is 6.30. The van der Waals surface area contributed by atoms with E-state index in [1.807, 2.05) is 0 Å². The zero-order valence-corrected chi connectivity index (χ0v) is 12.6. The molecule has 1 aliphatic heterocycles. The van der Waals surface area contributed by atoms with Crippen molar-refractivity contribution in [2.45, 2.75) is 24.7 Å². The maximum absolute atomic E-state index is 13.7. The highest BCUT2D eigenvalue weighted by Gasteiger charge is 2.29. The third-order valence-corrected chi connectivity index (χ3v) is 3.50. The van der Waals surface area contributed by atoms with Gasteiger partial charge >= 0.3 is 0 Å². The molecule has 1 aromatic rings. The minimum Gasteiger partial charge on any atom is -0.386 e.